The average Bonchev–Trinajstić information content (AvgIpc) is 2.98. The fraction of sp³-hybridized carbons (Fsp3) is 0.250. The van der Waals surface area contributed by atoms with Crippen molar-refractivity contribution in [2.24, 2.45) is 0 Å². The zero-order valence-corrected chi connectivity index (χ0v) is 24.5. The minimum atomic E-state index is -0.336. The summed E-state index contributed by atoms with van der Waals surface area (Å²) < 4.78 is 0. The van der Waals surface area contributed by atoms with Crippen LogP contribution in [0, 0.1) is 0 Å². The van der Waals surface area contributed by atoms with Crippen LogP contribution >= 0.6 is 0 Å². The summed E-state index contributed by atoms with van der Waals surface area (Å²) in [5.41, 5.74) is 4.12. The lowest BCUT2D eigenvalue weighted by Gasteiger charge is -2.18. The number of carbonyl (C=O) groups excluding carboxylic acids is 3. The summed E-state index contributed by atoms with van der Waals surface area (Å²) >= 11 is 0. The van der Waals surface area contributed by atoms with Gasteiger partial charge in [0.05, 0.1) is 0 Å². The van der Waals surface area contributed by atoms with Crippen molar-refractivity contribution in [2.75, 3.05) is 0 Å². The molecule has 0 saturated heterocycles. The Hall–Kier alpha value is -4.71. The van der Waals surface area contributed by atoms with E-state index in [0.29, 0.717) is 19.3 Å². The van der Waals surface area contributed by atoms with Gasteiger partial charge >= 0.3 is 0 Å². The number of rotatable bonds is 12. The van der Waals surface area contributed by atoms with Gasteiger partial charge in [0.1, 0.15) is 0 Å². The van der Waals surface area contributed by atoms with Crippen LogP contribution in [-0.2, 0) is 19.3 Å². The molecule has 3 N–H and O–H groups in total. The van der Waals surface area contributed by atoms with Gasteiger partial charge in [-0.1, -0.05) is 91.0 Å². The van der Waals surface area contributed by atoms with E-state index in [1.54, 1.807) is 18.2 Å². The number of benzene rings is 4. The van der Waals surface area contributed by atoms with Crippen molar-refractivity contribution in [3.8, 4) is 0 Å². The van der Waals surface area contributed by atoms with E-state index < -0.39 is 0 Å². The van der Waals surface area contributed by atoms with Crippen molar-refractivity contribution in [3.05, 3.63) is 143 Å². The molecule has 6 nitrogen and oxygen atoms in total. The highest BCUT2D eigenvalue weighted by Crippen LogP contribution is 2.14. The van der Waals surface area contributed by atoms with Crippen LogP contribution in [0.25, 0.3) is 0 Å². The molecule has 0 aromatic heterocycles. The van der Waals surface area contributed by atoms with Gasteiger partial charge in [0.15, 0.2) is 0 Å². The molecule has 4 rings (SSSR count). The lowest BCUT2D eigenvalue weighted by Crippen LogP contribution is -2.37. The standard InChI is InChI=1S/C36H39N3O3/c1-25(19-28-13-7-4-8-14-28)37-34(40)31-22-32(35(41)38-26(2)20-29-15-9-5-10-16-29)24-33(23-31)36(42)39-27(3)21-30-17-11-6-12-18-30/h4-18,22-27H,19-21H2,1-3H3,(H,37,40)(H,38,41)(H,39,42). The van der Waals surface area contributed by atoms with E-state index >= 15 is 0 Å². The van der Waals surface area contributed by atoms with Crippen molar-refractivity contribution in [3.63, 3.8) is 0 Å². The molecule has 0 aliphatic carbocycles. The summed E-state index contributed by atoms with van der Waals surface area (Å²) in [6.07, 6.45) is 1.98. The SMILES string of the molecule is CC(Cc1ccccc1)NC(=O)c1cc(C(=O)NC(C)Cc2ccccc2)cc(C(=O)NC(C)Cc2ccccc2)c1. The van der Waals surface area contributed by atoms with E-state index in [1.807, 2.05) is 112 Å². The molecule has 0 fully saturated rings. The minimum Gasteiger partial charge on any atom is -0.349 e. The first kappa shape index (κ1) is 30.3. The molecule has 0 bridgehead atoms. The zero-order chi connectivity index (χ0) is 29.9. The largest absolute Gasteiger partial charge is 0.349 e. The molecule has 0 aliphatic heterocycles. The Morgan fingerprint density at radius 1 is 0.452 bits per heavy atom. The van der Waals surface area contributed by atoms with Gasteiger partial charge in [-0.3, -0.25) is 14.4 Å². The normalized spacial score (nSPS) is 12.9. The summed E-state index contributed by atoms with van der Waals surface area (Å²) in [7, 11) is 0. The number of nitrogens with one attached hydrogen (secondary N) is 3. The molecule has 3 atom stereocenters. The van der Waals surface area contributed by atoms with Crippen LogP contribution in [-0.4, -0.2) is 35.8 Å². The smallest absolute Gasteiger partial charge is 0.251 e. The van der Waals surface area contributed by atoms with Gasteiger partial charge in [0, 0.05) is 34.8 Å². The molecule has 0 spiro atoms. The van der Waals surface area contributed by atoms with Crippen LogP contribution in [0.15, 0.2) is 109 Å². The van der Waals surface area contributed by atoms with Crippen molar-refractivity contribution in [1.29, 1.82) is 0 Å². The molecule has 0 radical (unpaired) electrons. The van der Waals surface area contributed by atoms with E-state index in [9.17, 15) is 14.4 Å². The Bertz CT molecular complexity index is 1280. The first-order chi connectivity index (χ1) is 20.3. The van der Waals surface area contributed by atoms with Crippen molar-refractivity contribution >= 4 is 17.7 Å². The summed E-state index contributed by atoms with van der Waals surface area (Å²) in [4.78, 5) is 40.0. The van der Waals surface area contributed by atoms with Crippen LogP contribution < -0.4 is 16.0 Å². The number of hydrogen-bond donors (Lipinski definition) is 3. The second-order valence-electron chi connectivity index (χ2n) is 11.0. The minimum absolute atomic E-state index is 0.147. The first-order valence-electron chi connectivity index (χ1n) is 14.5. The lowest BCUT2D eigenvalue weighted by atomic mass is 10.0. The van der Waals surface area contributed by atoms with E-state index in [4.69, 9.17) is 0 Å². The Labute approximate surface area is 248 Å². The molecular formula is C36H39N3O3. The number of amides is 3. The van der Waals surface area contributed by atoms with Crippen LogP contribution in [0.1, 0.15) is 68.5 Å². The predicted octanol–water partition coefficient (Wildman–Crippen LogP) is 5.77. The highest BCUT2D eigenvalue weighted by atomic mass is 16.2. The molecule has 42 heavy (non-hydrogen) atoms. The van der Waals surface area contributed by atoms with Gasteiger partial charge in [0.2, 0.25) is 0 Å². The summed E-state index contributed by atoms with van der Waals surface area (Å²) in [6, 6.07) is 34.0. The van der Waals surface area contributed by atoms with Crippen molar-refractivity contribution in [2.45, 2.75) is 58.2 Å². The van der Waals surface area contributed by atoms with Gasteiger partial charge < -0.3 is 16.0 Å². The molecule has 3 unspecified atom stereocenters. The maximum absolute atomic E-state index is 13.3. The fourth-order valence-electron chi connectivity index (χ4n) is 5.00. The summed E-state index contributed by atoms with van der Waals surface area (Å²) in [6.45, 7) is 5.81. The maximum Gasteiger partial charge on any atom is 0.251 e. The molecular weight excluding hydrogens is 522 g/mol. The van der Waals surface area contributed by atoms with E-state index in [0.717, 1.165) is 16.7 Å². The van der Waals surface area contributed by atoms with E-state index in [2.05, 4.69) is 16.0 Å². The first-order valence-corrected chi connectivity index (χ1v) is 14.5. The van der Waals surface area contributed by atoms with Crippen molar-refractivity contribution in [1.82, 2.24) is 16.0 Å². The third-order valence-electron chi connectivity index (χ3n) is 7.01. The molecule has 0 aliphatic rings. The Kier molecular flexibility index (Phi) is 10.6. The Morgan fingerprint density at radius 3 is 0.929 bits per heavy atom. The Balaban J connectivity index is 1.52. The fourth-order valence-corrected chi connectivity index (χ4v) is 5.00. The van der Waals surface area contributed by atoms with Gasteiger partial charge in [-0.2, -0.15) is 0 Å². The van der Waals surface area contributed by atoms with Gasteiger partial charge in [-0.25, -0.2) is 0 Å². The average molecular weight is 562 g/mol. The predicted molar refractivity (Wildman–Crippen MR) is 168 cm³/mol. The van der Waals surface area contributed by atoms with Crippen LogP contribution in [0.3, 0.4) is 0 Å². The van der Waals surface area contributed by atoms with Gasteiger partial charge in [-0.05, 0) is 74.9 Å². The van der Waals surface area contributed by atoms with Gasteiger partial charge in [0.25, 0.3) is 17.7 Å². The topological polar surface area (TPSA) is 87.3 Å². The molecule has 4 aromatic rings. The molecule has 6 heteroatoms. The summed E-state index contributed by atoms with van der Waals surface area (Å²) in [5.74, 6) is -1.01. The second kappa shape index (κ2) is 14.8. The third-order valence-corrected chi connectivity index (χ3v) is 7.01. The number of hydrogen-bond acceptors (Lipinski definition) is 3. The van der Waals surface area contributed by atoms with Crippen LogP contribution in [0.2, 0.25) is 0 Å². The highest BCUT2D eigenvalue weighted by molar-refractivity contribution is 6.04. The van der Waals surface area contributed by atoms with E-state index in [1.165, 1.54) is 0 Å². The maximum atomic E-state index is 13.3. The lowest BCUT2D eigenvalue weighted by molar-refractivity contribution is 0.0939. The highest BCUT2D eigenvalue weighted by Gasteiger charge is 2.20. The second-order valence-corrected chi connectivity index (χ2v) is 11.0. The molecule has 0 heterocycles. The van der Waals surface area contributed by atoms with Gasteiger partial charge in [-0.15, -0.1) is 0 Å². The van der Waals surface area contributed by atoms with Crippen LogP contribution in [0.4, 0.5) is 0 Å². The quantitative estimate of drug-likeness (QED) is 0.205. The van der Waals surface area contributed by atoms with E-state index in [-0.39, 0.29) is 52.5 Å². The zero-order valence-electron chi connectivity index (χ0n) is 24.5. The molecule has 216 valence electrons. The Morgan fingerprint density at radius 2 is 0.690 bits per heavy atom. The number of carbonyl (C=O) groups is 3. The third kappa shape index (κ3) is 9.16. The molecule has 3 amide bonds. The molecule has 4 aromatic carbocycles. The van der Waals surface area contributed by atoms with Crippen molar-refractivity contribution < 1.29 is 14.4 Å². The monoisotopic (exact) mass is 561 g/mol. The molecule has 0 saturated carbocycles. The summed E-state index contributed by atoms with van der Waals surface area (Å²) in [5, 5.41) is 9.06. The van der Waals surface area contributed by atoms with Crippen LogP contribution in [0.5, 0.6) is 0 Å².